The topological polar surface area (TPSA) is 85.7 Å². The van der Waals surface area contributed by atoms with Crippen molar-refractivity contribution in [3.05, 3.63) is 70.9 Å². The number of aromatic nitrogens is 2. The van der Waals surface area contributed by atoms with Gasteiger partial charge in [0.05, 0.1) is 24.1 Å². The summed E-state index contributed by atoms with van der Waals surface area (Å²) in [5, 5.41) is 10.9. The Balaban J connectivity index is 1.19. The summed E-state index contributed by atoms with van der Waals surface area (Å²) in [6, 6.07) is 13.5. The lowest BCUT2D eigenvalue weighted by atomic mass is 10.0. The number of fused-ring (bicyclic) bond motifs is 2. The number of hydrogen-bond acceptors (Lipinski definition) is 5. The van der Waals surface area contributed by atoms with E-state index in [1.165, 1.54) is 25.7 Å². The van der Waals surface area contributed by atoms with Crippen molar-refractivity contribution in [2.75, 3.05) is 42.9 Å². The highest BCUT2D eigenvalue weighted by molar-refractivity contribution is 6.08. The van der Waals surface area contributed by atoms with E-state index >= 15 is 0 Å². The third-order valence-corrected chi connectivity index (χ3v) is 8.04. The van der Waals surface area contributed by atoms with Crippen molar-refractivity contribution in [3.8, 4) is 0 Å². The number of carbonyl (C=O) groups is 2. The van der Waals surface area contributed by atoms with E-state index in [0.717, 1.165) is 66.6 Å². The molecule has 1 aromatic heterocycles. The standard InChI is InChI=1S/C31H41N7O2/c1-4-5-6-9-14-36-15-17-37(18-16-36)31(40)32-20-25-13-12-24(19-23(25)2)30(39)38-22-26-21-33-35(3)29(26)34-27-10-7-8-11-28(27)38/h7-8,10-13,19,21,34H,4-6,9,14-18,20,22H2,1-3H3,(H,32,40). The number of benzene rings is 2. The number of nitrogens with one attached hydrogen (secondary N) is 2. The number of hydrogen-bond donors (Lipinski definition) is 2. The van der Waals surface area contributed by atoms with Crippen LogP contribution in [0.25, 0.3) is 0 Å². The van der Waals surface area contributed by atoms with E-state index in [1.54, 1.807) is 15.8 Å². The molecule has 2 N–H and O–H groups in total. The van der Waals surface area contributed by atoms with Crippen molar-refractivity contribution < 1.29 is 9.59 Å². The van der Waals surface area contributed by atoms with E-state index in [9.17, 15) is 9.59 Å². The summed E-state index contributed by atoms with van der Waals surface area (Å²) in [4.78, 5) is 32.8. The molecule has 212 valence electrons. The van der Waals surface area contributed by atoms with Crippen LogP contribution in [0.15, 0.2) is 48.7 Å². The molecule has 0 bridgehead atoms. The molecule has 0 unspecified atom stereocenters. The molecule has 2 aliphatic rings. The van der Waals surface area contributed by atoms with Gasteiger partial charge in [-0.05, 0) is 55.3 Å². The van der Waals surface area contributed by atoms with Crippen molar-refractivity contribution in [2.24, 2.45) is 7.05 Å². The average molecular weight is 544 g/mol. The predicted octanol–water partition coefficient (Wildman–Crippen LogP) is 5.04. The van der Waals surface area contributed by atoms with Crippen LogP contribution >= 0.6 is 0 Å². The summed E-state index contributed by atoms with van der Waals surface area (Å²) in [6.07, 6.45) is 6.88. The summed E-state index contributed by atoms with van der Waals surface area (Å²) in [5.41, 5.74) is 5.26. The number of carbonyl (C=O) groups excluding carboxylic acids is 2. The lowest BCUT2D eigenvalue weighted by Crippen LogP contribution is -2.51. The van der Waals surface area contributed by atoms with Crippen LogP contribution in [0.5, 0.6) is 0 Å². The number of amides is 3. The van der Waals surface area contributed by atoms with Crippen LogP contribution in [0, 0.1) is 6.92 Å². The molecule has 0 saturated carbocycles. The SMILES string of the molecule is CCCCCCN1CCN(C(=O)NCc2ccc(C(=O)N3Cc4cnn(C)c4Nc4ccccc43)cc2C)CC1. The minimum Gasteiger partial charge on any atom is -0.338 e. The molecule has 5 rings (SSSR count). The summed E-state index contributed by atoms with van der Waals surface area (Å²) >= 11 is 0. The van der Waals surface area contributed by atoms with E-state index in [4.69, 9.17) is 0 Å². The Kier molecular flexibility index (Phi) is 8.69. The third-order valence-electron chi connectivity index (χ3n) is 8.04. The Labute approximate surface area is 237 Å². The van der Waals surface area contributed by atoms with Crippen LogP contribution in [0.3, 0.4) is 0 Å². The van der Waals surface area contributed by atoms with Crippen molar-refractivity contribution >= 4 is 29.1 Å². The maximum absolute atomic E-state index is 13.8. The zero-order valence-corrected chi connectivity index (χ0v) is 23.9. The van der Waals surface area contributed by atoms with E-state index in [2.05, 4.69) is 27.6 Å². The minimum atomic E-state index is -0.0720. The van der Waals surface area contributed by atoms with E-state index in [0.29, 0.717) is 18.7 Å². The lowest BCUT2D eigenvalue weighted by Gasteiger charge is -2.34. The normalized spacial score (nSPS) is 15.2. The van der Waals surface area contributed by atoms with Gasteiger partial charge >= 0.3 is 6.03 Å². The van der Waals surface area contributed by atoms with Crippen LogP contribution in [0.2, 0.25) is 0 Å². The molecule has 2 aromatic carbocycles. The lowest BCUT2D eigenvalue weighted by molar-refractivity contribution is 0.0985. The van der Waals surface area contributed by atoms with E-state index < -0.39 is 0 Å². The molecular formula is C31H41N7O2. The van der Waals surface area contributed by atoms with Gasteiger partial charge in [-0.1, -0.05) is 44.4 Å². The van der Waals surface area contributed by atoms with Gasteiger partial charge in [-0.2, -0.15) is 5.10 Å². The first-order valence-electron chi connectivity index (χ1n) is 14.5. The summed E-state index contributed by atoms with van der Waals surface area (Å²) in [7, 11) is 1.89. The molecule has 0 radical (unpaired) electrons. The summed E-state index contributed by atoms with van der Waals surface area (Å²) in [6.45, 7) is 9.61. The van der Waals surface area contributed by atoms with Crippen LogP contribution in [-0.2, 0) is 20.1 Å². The number of aryl methyl sites for hydroxylation is 2. The molecule has 3 aromatic rings. The highest BCUT2D eigenvalue weighted by Gasteiger charge is 2.27. The number of para-hydroxylation sites is 2. The Bertz CT molecular complexity index is 1340. The zero-order valence-electron chi connectivity index (χ0n) is 23.9. The van der Waals surface area contributed by atoms with Gasteiger partial charge < -0.3 is 20.4 Å². The Morgan fingerprint density at radius 2 is 1.82 bits per heavy atom. The number of piperazine rings is 1. The smallest absolute Gasteiger partial charge is 0.317 e. The molecule has 0 aliphatic carbocycles. The molecular weight excluding hydrogens is 502 g/mol. The molecule has 2 aliphatic heterocycles. The molecule has 9 nitrogen and oxygen atoms in total. The fraction of sp³-hybridized carbons (Fsp3) is 0.452. The van der Waals surface area contributed by atoms with Crippen molar-refractivity contribution in [1.82, 2.24) is 24.9 Å². The number of unbranched alkanes of at least 4 members (excludes halogenated alkanes) is 3. The molecule has 1 fully saturated rings. The van der Waals surface area contributed by atoms with Gasteiger partial charge in [0.15, 0.2) is 0 Å². The van der Waals surface area contributed by atoms with Gasteiger partial charge in [-0.25, -0.2) is 4.79 Å². The van der Waals surface area contributed by atoms with Gasteiger partial charge in [-0.3, -0.25) is 14.4 Å². The zero-order chi connectivity index (χ0) is 28.1. The molecule has 1 saturated heterocycles. The van der Waals surface area contributed by atoms with Crippen molar-refractivity contribution in [2.45, 2.75) is 52.6 Å². The Hall–Kier alpha value is -3.85. The maximum atomic E-state index is 13.8. The van der Waals surface area contributed by atoms with Crippen LogP contribution in [0.1, 0.15) is 59.7 Å². The largest absolute Gasteiger partial charge is 0.338 e. The molecule has 3 amide bonds. The van der Waals surface area contributed by atoms with E-state index in [1.807, 2.05) is 61.3 Å². The minimum absolute atomic E-state index is 0.0221. The molecule has 0 atom stereocenters. The third kappa shape index (κ3) is 6.14. The van der Waals surface area contributed by atoms with Gasteiger partial charge in [0.25, 0.3) is 5.91 Å². The number of urea groups is 1. The van der Waals surface area contributed by atoms with Crippen molar-refractivity contribution in [3.63, 3.8) is 0 Å². The van der Waals surface area contributed by atoms with E-state index in [-0.39, 0.29) is 11.9 Å². The van der Waals surface area contributed by atoms with Gasteiger partial charge in [0.1, 0.15) is 5.82 Å². The number of nitrogens with zero attached hydrogens (tertiary/aromatic N) is 5. The van der Waals surface area contributed by atoms with Gasteiger partial charge in [-0.15, -0.1) is 0 Å². The molecule has 0 spiro atoms. The average Bonchev–Trinajstić information content (AvgIpc) is 3.22. The second-order valence-corrected chi connectivity index (χ2v) is 10.9. The quantitative estimate of drug-likeness (QED) is 0.389. The molecule has 9 heteroatoms. The number of anilines is 3. The summed E-state index contributed by atoms with van der Waals surface area (Å²) in [5.74, 6) is 0.815. The molecule has 40 heavy (non-hydrogen) atoms. The van der Waals surface area contributed by atoms with Crippen LogP contribution in [0.4, 0.5) is 22.0 Å². The Morgan fingerprint density at radius 3 is 2.60 bits per heavy atom. The fourth-order valence-electron chi connectivity index (χ4n) is 5.54. The fourth-order valence-corrected chi connectivity index (χ4v) is 5.54. The monoisotopic (exact) mass is 543 g/mol. The maximum Gasteiger partial charge on any atom is 0.317 e. The first-order chi connectivity index (χ1) is 19.4. The first-order valence-corrected chi connectivity index (χ1v) is 14.5. The Morgan fingerprint density at radius 1 is 1.02 bits per heavy atom. The predicted molar refractivity (Wildman–Crippen MR) is 159 cm³/mol. The van der Waals surface area contributed by atoms with Gasteiger partial charge in [0.2, 0.25) is 0 Å². The highest BCUT2D eigenvalue weighted by atomic mass is 16.2. The highest BCUT2D eigenvalue weighted by Crippen LogP contribution is 2.36. The summed E-state index contributed by atoms with van der Waals surface area (Å²) < 4.78 is 1.79. The van der Waals surface area contributed by atoms with Crippen LogP contribution < -0.4 is 15.5 Å². The van der Waals surface area contributed by atoms with Crippen molar-refractivity contribution in [1.29, 1.82) is 0 Å². The second kappa shape index (κ2) is 12.6. The van der Waals surface area contributed by atoms with Crippen LogP contribution in [-0.4, -0.2) is 64.2 Å². The molecule has 3 heterocycles. The second-order valence-electron chi connectivity index (χ2n) is 10.9. The first kappa shape index (κ1) is 27.7. The number of rotatable bonds is 8. The van der Waals surface area contributed by atoms with Gasteiger partial charge in [0, 0.05) is 50.9 Å².